The van der Waals surface area contributed by atoms with Crippen molar-refractivity contribution >= 4 is 0 Å². The van der Waals surface area contributed by atoms with E-state index in [9.17, 15) is 0 Å². The van der Waals surface area contributed by atoms with Crippen molar-refractivity contribution < 1.29 is 0 Å². The summed E-state index contributed by atoms with van der Waals surface area (Å²) in [6, 6.07) is 14.9. The molecule has 3 aromatic rings. The van der Waals surface area contributed by atoms with Crippen molar-refractivity contribution in [2.24, 2.45) is 0 Å². The van der Waals surface area contributed by atoms with Crippen LogP contribution in [-0.4, -0.2) is 26.7 Å². The largest absolute Gasteiger partial charge is 0.303 e. The average Bonchev–Trinajstić information content (AvgIpc) is 3.37. The summed E-state index contributed by atoms with van der Waals surface area (Å²) < 4.78 is 0. The van der Waals surface area contributed by atoms with Crippen LogP contribution >= 0.6 is 0 Å². The second-order valence-electron chi connectivity index (χ2n) is 6.82. The average molecular weight is 333 g/mol. The fraction of sp³-hybridized carbons (Fsp3) is 0.350. The third-order valence-corrected chi connectivity index (χ3v) is 5.32. The van der Waals surface area contributed by atoms with Gasteiger partial charge in [0.15, 0.2) is 0 Å². The van der Waals surface area contributed by atoms with E-state index in [0.29, 0.717) is 0 Å². The summed E-state index contributed by atoms with van der Waals surface area (Å²) in [5.74, 6) is 0.828. The second-order valence-corrected chi connectivity index (χ2v) is 6.82. The van der Waals surface area contributed by atoms with Gasteiger partial charge in [0.05, 0.1) is 6.04 Å². The Bertz CT molecular complexity index is 764. The number of aromatic amines is 1. The predicted molar refractivity (Wildman–Crippen MR) is 97.1 cm³/mol. The van der Waals surface area contributed by atoms with Crippen LogP contribution in [0.2, 0.25) is 0 Å². The van der Waals surface area contributed by atoms with Gasteiger partial charge >= 0.3 is 0 Å². The zero-order valence-electron chi connectivity index (χ0n) is 14.2. The molecule has 0 radical (unpaired) electrons. The summed E-state index contributed by atoms with van der Waals surface area (Å²) >= 11 is 0. The highest BCUT2D eigenvalue weighted by Crippen LogP contribution is 2.41. The van der Waals surface area contributed by atoms with Gasteiger partial charge in [0.2, 0.25) is 0 Å². The van der Waals surface area contributed by atoms with Gasteiger partial charge in [-0.3, -0.25) is 10.1 Å². The van der Waals surface area contributed by atoms with Crippen molar-refractivity contribution in [3.8, 4) is 0 Å². The molecule has 1 aliphatic rings. The third-order valence-electron chi connectivity index (χ3n) is 5.32. The molecule has 1 unspecified atom stereocenters. The van der Waals surface area contributed by atoms with Crippen molar-refractivity contribution in [2.75, 3.05) is 6.54 Å². The van der Waals surface area contributed by atoms with Crippen molar-refractivity contribution in [3.63, 3.8) is 0 Å². The van der Waals surface area contributed by atoms with Crippen LogP contribution in [0.1, 0.15) is 48.7 Å². The lowest BCUT2D eigenvalue weighted by Gasteiger charge is -2.32. The lowest BCUT2D eigenvalue weighted by Crippen LogP contribution is -2.38. The monoisotopic (exact) mass is 333 g/mol. The summed E-state index contributed by atoms with van der Waals surface area (Å²) in [6.45, 7) is 0.914. The van der Waals surface area contributed by atoms with Gasteiger partial charge in [-0.1, -0.05) is 49.2 Å². The molecular weight excluding hydrogens is 310 g/mol. The Kier molecular flexibility index (Phi) is 4.57. The summed E-state index contributed by atoms with van der Waals surface area (Å²) in [6.07, 6.45) is 10.3. The van der Waals surface area contributed by atoms with E-state index in [0.717, 1.165) is 17.9 Å². The molecule has 1 atom stereocenters. The number of hydrogen-bond donors (Lipinski definition) is 2. The highest BCUT2D eigenvalue weighted by Gasteiger charge is 2.36. The fourth-order valence-electron chi connectivity index (χ4n) is 3.98. The molecule has 0 spiro atoms. The van der Waals surface area contributed by atoms with Gasteiger partial charge in [0.25, 0.3) is 0 Å². The first-order valence-electron chi connectivity index (χ1n) is 8.91. The van der Waals surface area contributed by atoms with Crippen molar-refractivity contribution in [1.82, 2.24) is 25.5 Å². The Labute approximate surface area is 147 Å². The minimum atomic E-state index is -0.0302. The molecule has 0 aliphatic heterocycles. The molecule has 2 N–H and O–H groups in total. The van der Waals surface area contributed by atoms with Crippen LogP contribution in [0.3, 0.4) is 0 Å². The standard InChI is InChI=1S/C20H23N5/c1-2-8-17(9-3-1)20(10-4-5-11-20)14-22-18(19-23-15-24-25-19)16-7-6-12-21-13-16/h1-3,6-9,12-13,15,18,22H,4-5,10-11,14H2,(H,23,24,25). The van der Waals surface area contributed by atoms with Crippen LogP contribution in [0.5, 0.6) is 0 Å². The van der Waals surface area contributed by atoms with Gasteiger partial charge < -0.3 is 5.32 Å². The van der Waals surface area contributed by atoms with Gasteiger partial charge in [0, 0.05) is 24.4 Å². The molecule has 0 bridgehead atoms. The van der Waals surface area contributed by atoms with Crippen molar-refractivity contribution in [3.05, 3.63) is 78.1 Å². The molecular formula is C20H23N5. The number of benzene rings is 1. The van der Waals surface area contributed by atoms with Crippen molar-refractivity contribution in [1.29, 1.82) is 0 Å². The lowest BCUT2D eigenvalue weighted by atomic mass is 9.78. The highest BCUT2D eigenvalue weighted by atomic mass is 15.2. The maximum atomic E-state index is 4.38. The molecule has 25 heavy (non-hydrogen) atoms. The van der Waals surface area contributed by atoms with E-state index in [2.05, 4.69) is 61.9 Å². The Hall–Kier alpha value is -2.53. The number of rotatable bonds is 6. The van der Waals surface area contributed by atoms with E-state index < -0.39 is 0 Å². The number of hydrogen-bond acceptors (Lipinski definition) is 4. The Morgan fingerprint density at radius 3 is 2.60 bits per heavy atom. The number of nitrogens with one attached hydrogen (secondary N) is 2. The molecule has 0 saturated heterocycles. The van der Waals surface area contributed by atoms with E-state index >= 15 is 0 Å². The van der Waals surface area contributed by atoms with E-state index in [1.807, 2.05) is 12.3 Å². The molecule has 128 valence electrons. The van der Waals surface area contributed by atoms with E-state index in [-0.39, 0.29) is 11.5 Å². The molecule has 2 heterocycles. The van der Waals surface area contributed by atoms with Gasteiger partial charge in [-0.25, -0.2) is 4.98 Å². The topological polar surface area (TPSA) is 66.5 Å². The van der Waals surface area contributed by atoms with Crippen LogP contribution in [0, 0.1) is 0 Å². The number of nitrogens with zero attached hydrogens (tertiary/aromatic N) is 3. The first kappa shape index (κ1) is 16.0. The Morgan fingerprint density at radius 1 is 1.08 bits per heavy atom. The molecule has 1 fully saturated rings. The van der Waals surface area contributed by atoms with Crippen LogP contribution in [0.15, 0.2) is 61.2 Å². The van der Waals surface area contributed by atoms with Crippen LogP contribution in [0.25, 0.3) is 0 Å². The SMILES string of the molecule is c1ccc(C2(CNC(c3cccnc3)c3ncn[nH]3)CCCC2)cc1. The molecule has 5 heteroatoms. The van der Waals surface area contributed by atoms with Crippen LogP contribution < -0.4 is 5.32 Å². The van der Waals surface area contributed by atoms with E-state index in [4.69, 9.17) is 0 Å². The lowest BCUT2D eigenvalue weighted by molar-refractivity contribution is 0.385. The highest BCUT2D eigenvalue weighted by molar-refractivity contribution is 5.28. The number of pyridine rings is 1. The second kappa shape index (κ2) is 7.15. The summed E-state index contributed by atoms with van der Waals surface area (Å²) in [7, 11) is 0. The van der Waals surface area contributed by atoms with Gasteiger partial charge in [-0.15, -0.1) is 0 Å². The molecule has 1 saturated carbocycles. The number of H-pyrrole nitrogens is 1. The maximum Gasteiger partial charge on any atom is 0.146 e. The fourth-order valence-corrected chi connectivity index (χ4v) is 3.98. The van der Waals surface area contributed by atoms with Gasteiger partial charge in [-0.2, -0.15) is 5.10 Å². The first-order valence-corrected chi connectivity index (χ1v) is 8.91. The van der Waals surface area contributed by atoms with Gasteiger partial charge in [0.1, 0.15) is 12.2 Å². The zero-order chi connectivity index (χ0) is 17.0. The van der Waals surface area contributed by atoms with Crippen LogP contribution in [-0.2, 0) is 5.41 Å². The van der Waals surface area contributed by atoms with Gasteiger partial charge in [-0.05, 0) is 30.0 Å². The first-order chi connectivity index (χ1) is 12.4. The van der Waals surface area contributed by atoms with Crippen LogP contribution in [0.4, 0.5) is 0 Å². The summed E-state index contributed by atoms with van der Waals surface area (Å²) in [5, 5.41) is 10.8. The Balaban J connectivity index is 1.60. The Morgan fingerprint density at radius 2 is 1.92 bits per heavy atom. The maximum absolute atomic E-state index is 4.38. The molecule has 1 aliphatic carbocycles. The molecule has 2 aromatic heterocycles. The van der Waals surface area contributed by atoms with E-state index in [1.54, 1.807) is 12.5 Å². The molecule has 1 aromatic carbocycles. The third kappa shape index (κ3) is 3.33. The zero-order valence-corrected chi connectivity index (χ0v) is 14.2. The quantitative estimate of drug-likeness (QED) is 0.726. The molecule has 4 rings (SSSR count). The van der Waals surface area contributed by atoms with Crippen molar-refractivity contribution in [2.45, 2.75) is 37.1 Å². The normalized spacial score (nSPS) is 17.4. The predicted octanol–water partition coefficient (Wildman–Crippen LogP) is 3.39. The number of aromatic nitrogens is 4. The molecule has 0 amide bonds. The van der Waals surface area contributed by atoms with E-state index in [1.165, 1.54) is 31.2 Å². The molecule has 5 nitrogen and oxygen atoms in total. The summed E-state index contributed by atoms with van der Waals surface area (Å²) in [4.78, 5) is 8.65. The minimum absolute atomic E-state index is 0.0302. The minimum Gasteiger partial charge on any atom is -0.303 e. The summed E-state index contributed by atoms with van der Waals surface area (Å²) in [5.41, 5.74) is 2.73. The smallest absolute Gasteiger partial charge is 0.146 e.